The molecular formula is C8H15NO2. The van der Waals surface area contributed by atoms with Crippen molar-refractivity contribution in [3.8, 4) is 0 Å². The van der Waals surface area contributed by atoms with Crippen molar-refractivity contribution >= 4 is 11.6 Å². The van der Waals surface area contributed by atoms with Crippen molar-refractivity contribution in [1.29, 1.82) is 0 Å². The lowest BCUT2D eigenvalue weighted by Gasteiger charge is -1.96. The molecule has 11 heavy (non-hydrogen) atoms. The number of rotatable bonds is 6. The van der Waals surface area contributed by atoms with Crippen molar-refractivity contribution in [2.75, 3.05) is 6.54 Å². The van der Waals surface area contributed by atoms with E-state index < -0.39 is 0 Å². The maximum absolute atomic E-state index is 10.9. The van der Waals surface area contributed by atoms with Crippen molar-refractivity contribution in [2.45, 2.75) is 32.6 Å². The van der Waals surface area contributed by atoms with Gasteiger partial charge < -0.3 is 10.5 Å². The first-order valence-electron chi connectivity index (χ1n) is 3.88. The van der Waals surface area contributed by atoms with E-state index in [1.807, 2.05) is 0 Å². The number of ketones is 2. The molecule has 3 heteroatoms. The molecule has 0 bridgehead atoms. The summed E-state index contributed by atoms with van der Waals surface area (Å²) in [5.74, 6) is 0.219. The summed E-state index contributed by atoms with van der Waals surface area (Å²) in [6.07, 6.45) is 2.01. The molecule has 0 aromatic rings. The maximum atomic E-state index is 10.9. The molecule has 0 aliphatic rings. The summed E-state index contributed by atoms with van der Waals surface area (Å²) in [4.78, 5) is 21.3. The van der Waals surface area contributed by atoms with Crippen LogP contribution >= 0.6 is 0 Å². The highest BCUT2D eigenvalue weighted by molar-refractivity contribution is 5.84. The summed E-state index contributed by atoms with van der Waals surface area (Å²) in [5, 5.41) is 0. The molecule has 0 fully saturated rings. The van der Waals surface area contributed by atoms with Gasteiger partial charge in [0.2, 0.25) is 0 Å². The summed E-state index contributed by atoms with van der Waals surface area (Å²) in [5.41, 5.74) is 5.21. The first-order chi connectivity index (χ1) is 5.16. The van der Waals surface area contributed by atoms with E-state index in [0.717, 1.165) is 6.42 Å². The fraction of sp³-hybridized carbons (Fsp3) is 0.750. The zero-order valence-electron chi connectivity index (χ0n) is 6.93. The lowest BCUT2D eigenvalue weighted by Crippen LogP contribution is -2.05. The minimum Gasteiger partial charge on any atom is -0.330 e. The van der Waals surface area contributed by atoms with Crippen molar-refractivity contribution in [3.05, 3.63) is 0 Å². The van der Waals surface area contributed by atoms with Crippen LogP contribution in [0.25, 0.3) is 0 Å². The standard InChI is InChI=1S/C8H15NO2/c1-7(10)4-5-8(11)3-2-6-9/h2-6,9H2,1H3. The quantitative estimate of drug-likeness (QED) is 0.616. The Hall–Kier alpha value is -0.700. The highest BCUT2D eigenvalue weighted by Gasteiger charge is 2.02. The Morgan fingerprint density at radius 2 is 1.82 bits per heavy atom. The lowest BCUT2D eigenvalue weighted by molar-refractivity contribution is -0.123. The van der Waals surface area contributed by atoms with Crippen LogP contribution in [-0.4, -0.2) is 18.1 Å². The van der Waals surface area contributed by atoms with Crippen LogP contribution in [-0.2, 0) is 9.59 Å². The Morgan fingerprint density at radius 1 is 1.18 bits per heavy atom. The fourth-order valence-corrected chi connectivity index (χ4v) is 0.740. The predicted octanol–water partition coefficient (Wildman–Crippen LogP) is 0.664. The third-order valence-electron chi connectivity index (χ3n) is 1.42. The van der Waals surface area contributed by atoms with Gasteiger partial charge in [0.25, 0.3) is 0 Å². The number of Topliss-reactive ketones (excluding diaryl/α,β-unsaturated/α-hetero) is 2. The van der Waals surface area contributed by atoms with Crippen molar-refractivity contribution in [2.24, 2.45) is 5.73 Å². The molecule has 0 aromatic heterocycles. The van der Waals surface area contributed by atoms with Gasteiger partial charge in [0, 0.05) is 19.3 Å². The molecule has 0 aliphatic carbocycles. The molecule has 2 N–H and O–H groups in total. The number of hydrogen-bond donors (Lipinski definition) is 1. The Bertz CT molecular complexity index is 143. The first-order valence-corrected chi connectivity index (χ1v) is 3.88. The van der Waals surface area contributed by atoms with Crippen LogP contribution in [0.1, 0.15) is 32.6 Å². The average Bonchev–Trinajstić information content (AvgIpc) is 1.97. The zero-order valence-corrected chi connectivity index (χ0v) is 6.93. The molecule has 0 saturated carbocycles. The number of nitrogens with two attached hydrogens (primary N) is 1. The average molecular weight is 157 g/mol. The van der Waals surface area contributed by atoms with Crippen LogP contribution in [0.4, 0.5) is 0 Å². The molecule has 0 radical (unpaired) electrons. The van der Waals surface area contributed by atoms with E-state index in [4.69, 9.17) is 5.73 Å². The second-order valence-corrected chi connectivity index (χ2v) is 2.63. The molecule has 0 aliphatic heterocycles. The summed E-state index contributed by atoms with van der Waals surface area (Å²) in [6, 6.07) is 0. The molecule has 0 saturated heterocycles. The molecule has 0 atom stereocenters. The predicted molar refractivity (Wildman–Crippen MR) is 43.2 cm³/mol. The van der Waals surface area contributed by atoms with Crippen LogP contribution in [0, 0.1) is 0 Å². The highest BCUT2D eigenvalue weighted by Crippen LogP contribution is 1.97. The van der Waals surface area contributed by atoms with Gasteiger partial charge in [-0.05, 0) is 19.9 Å². The monoisotopic (exact) mass is 157 g/mol. The number of carbonyl (C=O) groups excluding carboxylic acids is 2. The molecular weight excluding hydrogens is 142 g/mol. The van der Waals surface area contributed by atoms with Crippen molar-refractivity contribution in [3.63, 3.8) is 0 Å². The Kier molecular flexibility index (Phi) is 5.65. The lowest BCUT2D eigenvalue weighted by atomic mass is 10.1. The minimum absolute atomic E-state index is 0.0751. The minimum atomic E-state index is 0.0751. The second-order valence-electron chi connectivity index (χ2n) is 2.63. The Labute approximate surface area is 67.0 Å². The van der Waals surface area contributed by atoms with Gasteiger partial charge in [-0.1, -0.05) is 0 Å². The van der Waals surface area contributed by atoms with Crippen LogP contribution in [0.15, 0.2) is 0 Å². The third kappa shape index (κ3) is 7.19. The van der Waals surface area contributed by atoms with Gasteiger partial charge in [-0.3, -0.25) is 4.79 Å². The Balaban J connectivity index is 3.30. The zero-order chi connectivity index (χ0) is 8.69. The van der Waals surface area contributed by atoms with E-state index in [2.05, 4.69) is 0 Å². The fourth-order valence-electron chi connectivity index (χ4n) is 0.740. The molecule has 0 amide bonds. The van der Waals surface area contributed by atoms with Gasteiger partial charge in [-0.25, -0.2) is 0 Å². The summed E-state index contributed by atoms with van der Waals surface area (Å²) in [7, 11) is 0. The van der Waals surface area contributed by atoms with Gasteiger partial charge >= 0.3 is 0 Å². The first kappa shape index (κ1) is 10.3. The topological polar surface area (TPSA) is 60.2 Å². The SMILES string of the molecule is CC(=O)CCC(=O)CCCN. The van der Waals surface area contributed by atoms with Gasteiger partial charge in [-0.2, -0.15) is 0 Å². The second kappa shape index (κ2) is 6.04. The van der Waals surface area contributed by atoms with Gasteiger partial charge in [-0.15, -0.1) is 0 Å². The van der Waals surface area contributed by atoms with E-state index in [1.165, 1.54) is 6.92 Å². The van der Waals surface area contributed by atoms with Crippen LogP contribution in [0.5, 0.6) is 0 Å². The molecule has 3 nitrogen and oxygen atoms in total. The molecule has 0 heterocycles. The number of hydrogen-bond acceptors (Lipinski definition) is 3. The van der Waals surface area contributed by atoms with E-state index >= 15 is 0 Å². The Morgan fingerprint density at radius 3 is 2.27 bits per heavy atom. The molecule has 0 spiro atoms. The van der Waals surface area contributed by atoms with Gasteiger partial charge in [0.1, 0.15) is 11.6 Å². The van der Waals surface area contributed by atoms with Crippen molar-refractivity contribution in [1.82, 2.24) is 0 Å². The normalized spacial score (nSPS) is 9.64. The summed E-state index contributed by atoms with van der Waals surface area (Å²) in [6.45, 7) is 2.04. The third-order valence-corrected chi connectivity index (χ3v) is 1.42. The number of carbonyl (C=O) groups is 2. The van der Waals surface area contributed by atoms with E-state index in [0.29, 0.717) is 25.8 Å². The van der Waals surface area contributed by atoms with Crippen molar-refractivity contribution < 1.29 is 9.59 Å². The summed E-state index contributed by atoms with van der Waals surface area (Å²) >= 11 is 0. The van der Waals surface area contributed by atoms with E-state index in [-0.39, 0.29) is 11.6 Å². The van der Waals surface area contributed by atoms with Gasteiger partial charge in [0.05, 0.1) is 0 Å². The van der Waals surface area contributed by atoms with E-state index in [1.54, 1.807) is 0 Å². The molecule has 0 rings (SSSR count). The van der Waals surface area contributed by atoms with Gasteiger partial charge in [0.15, 0.2) is 0 Å². The molecule has 0 unspecified atom stereocenters. The highest BCUT2D eigenvalue weighted by atomic mass is 16.1. The largest absolute Gasteiger partial charge is 0.330 e. The van der Waals surface area contributed by atoms with Crippen LogP contribution in [0.2, 0.25) is 0 Å². The molecule has 64 valence electrons. The van der Waals surface area contributed by atoms with Crippen LogP contribution < -0.4 is 5.73 Å². The smallest absolute Gasteiger partial charge is 0.133 e. The summed E-state index contributed by atoms with van der Waals surface area (Å²) < 4.78 is 0. The molecule has 0 aromatic carbocycles. The van der Waals surface area contributed by atoms with E-state index in [9.17, 15) is 9.59 Å². The van der Waals surface area contributed by atoms with Crippen LogP contribution in [0.3, 0.4) is 0 Å². The maximum Gasteiger partial charge on any atom is 0.133 e.